The molecule has 0 aromatic rings. The minimum Gasteiger partial charge on any atom is -0.469 e. The van der Waals surface area contributed by atoms with Crippen LogP contribution in [0.25, 0.3) is 0 Å². The highest BCUT2D eigenvalue weighted by Gasteiger charge is 2.33. The summed E-state index contributed by atoms with van der Waals surface area (Å²) in [5.41, 5.74) is -0.395. The molecule has 2 aliphatic rings. The molecule has 0 aromatic heterocycles. The lowest BCUT2D eigenvalue weighted by atomic mass is 9.92. The van der Waals surface area contributed by atoms with Crippen LogP contribution in [-0.4, -0.2) is 62.1 Å². The first-order chi connectivity index (χ1) is 8.51. The number of hydrogen-bond acceptors (Lipinski definition) is 4. The van der Waals surface area contributed by atoms with Crippen molar-refractivity contribution in [3.63, 3.8) is 0 Å². The molecule has 1 aliphatic heterocycles. The fraction of sp³-hybridized carbons (Fsp3) is 0.929. The molecule has 2 fully saturated rings. The molecule has 0 atom stereocenters. The normalized spacial score (nSPS) is 23.1. The summed E-state index contributed by atoms with van der Waals surface area (Å²) in [5.74, 6) is 0.867. The number of carbonyl (C=O) groups is 1. The van der Waals surface area contributed by atoms with Gasteiger partial charge in [0.05, 0.1) is 12.5 Å². The molecule has 0 bridgehead atoms. The third-order valence-corrected chi connectivity index (χ3v) is 4.04. The Kier molecular flexibility index (Phi) is 4.28. The lowest BCUT2D eigenvalue weighted by Crippen LogP contribution is -2.50. The number of rotatable bonds is 5. The maximum absolute atomic E-state index is 11.7. The molecule has 0 unspecified atom stereocenters. The van der Waals surface area contributed by atoms with Crippen molar-refractivity contribution in [2.75, 3.05) is 46.4 Å². The summed E-state index contributed by atoms with van der Waals surface area (Å²) in [6.07, 6.45) is 2.85. The topological polar surface area (TPSA) is 32.8 Å². The van der Waals surface area contributed by atoms with Gasteiger partial charge < -0.3 is 9.64 Å². The van der Waals surface area contributed by atoms with Gasteiger partial charge in [-0.1, -0.05) is 0 Å². The number of methoxy groups -OCH3 is 1. The first kappa shape index (κ1) is 13.8. The van der Waals surface area contributed by atoms with E-state index in [0.29, 0.717) is 0 Å². The van der Waals surface area contributed by atoms with Gasteiger partial charge in [0.25, 0.3) is 0 Å². The van der Waals surface area contributed by atoms with Crippen molar-refractivity contribution in [3.05, 3.63) is 0 Å². The summed E-state index contributed by atoms with van der Waals surface area (Å²) < 4.78 is 4.86. The molecule has 1 saturated heterocycles. The van der Waals surface area contributed by atoms with Crippen molar-refractivity contribution < 1.29 is 9.53 Å². The molecule has 0 aromatic carbocycles. The molecule has 0 amide bonds. The van der Waals surface area contributed by atoms with Gasteiger partial charge in [0.2, 0.25) is 0 Å². The second-order valence-corrected chi connectivity index (χ2v) is 6.40. The first-order valence-electron chi connectivity index (χ1n) is 7.04. The zero-order chi connectivity index (χ0) is 13.2. The van der Waals surface area contributed by atoms with Gasteiger partial charge >= 0.3 is 5.97 Å². The average molecular weight is 254 g/mol. The van der Waals surface area contributed by atoms with E-state index >= 15 is 0 Å². The van der Waals surface area contributed by atoms with Crippen molar-refractivity contribution in [2.45, 2.75) is 26.7 Å². The zero-order valence-corrected chi connectivity index (χ0v) is 11.9. The highest BCUT2D eigenvalue weighted by molar-refractivity contribution is 5.76. The fourth-order valence-electron chi connectivity index (χ4n) is 2.70. The Morgan fingerprint density at radius 2 is 1.72 bits per heavy atom. The molecular weight excluding hydrogens is 228 g/mol. The van der Waals surface area contributed by atoms with Gasteiger partial charge in [0.15, 0.2) is 0 Å². The fourth-order valence-corrected chi connectivity index (χ4v) is 2.70. The number of piperazine rings is 1. The van der Waals surface area contributed by atoms with Gasteiger partial charge in [-0.05, 0) is 32.6 Å². The summed E-state index contributed by atoms with van der Waals surface area (Å²) in [5, 5.41) is 0. The second kappa shape index (κ2) is 5.57. The molecule has 1 aliphatic carbocycles. The van der Waals surface area contributed by atoms with Gasteiger partial charge in [-0.25, -0.2) is 0 Å². The molecular formula is C14H26N2O2. The minimum atomic E-state index is -0.395. The van der Waals surface area contributed by atoms with Gasteiger partial charge in [0, 0.05) is 39.3 Å². The predicted octanol–water partition coefficient (Wildman–Crippen LogP) is 1.21. The monoisotopic (exact) mass is 254 g/mol. The Morgan fingerprint density at radius 3 is 2.22 bits per heavy atom. The maximum Gasteiger partial charge on any atom is 0.312 e. The number of hydrogen-bond donors (Lipinski definition) is 0. The molecule has 2 rings (SSSR count). The lowest BCUT2D eigenvalue weighted by molar-refractivity contribution is -0.152. The van der Waals surface area contributed by atoms with Crippen LogP contribution in [0, 0.1) is 11.3 Å². The van der Waals surface area contributed by atoms with Crippen LogP contribution < -0.4 is 0 Å². The van der Waals surface area contributed by atoms with Crippen molar-refractivity contribution in [3.8, 4) is 0 Å². The van der Waals surface area contributed by atoms with Crippen molar-refractivity contribution in [1.29, 1.82) is 0 Å². The third-order valence-electron chi connectivity index (χ3n) is 4.04. The van der Waals surface area contributed by atoms with E-state index in [1.54, 1.807) is 0 Å². The summed E-state index contributed by atoms with van der Waals surface area (Å²) in [7, 11) is 1.47. The van der Waals surface area contributed by atoms with Gasteiger partial charge in [-0.3, -0.25) is 9.69 Å². The molecule has 0 spiro atoms. The molecule has 0 radical (unpaired) electrons. The van der Waals surface area contributed by atoms with Crippen molar-refractivity contribution in [2.24, 2.45) is 11.3 Å². The quantitative estimate of drug-likeness (QED) is 0.691. The molecule has 104 valence electrons. The summed E-state index contributed by atoms with van der Waals surface area (Å²) in [6, 6.07) is 0. The van der Waals surface area contributed by atoms with E-state index in [-0.39, 0.29) is 5.97 Å². The zero-order valence-electron chi connectivity index (χ0n) is 11.9. The Labute approximate surface area is 110 Å². The summed E-state index contributed by atoms with van der Waals surface area (Å²) >= 11 is 0. The number of nitrogens with zero attached hydrogens (tertiary/aromatic N) is 2. The van der Waals surface area contributed by atoms with Crippen LogP contribution in [0.5, 0.6) is 0 Å². The standard InChI is InChI=1S/C14H26N2O2/c1-14(2,13(17)18-3)11-16-8-6-15(7-9-16)10-12-4-5-12/h12H,4-11H2,1-3H3. The van der Waals surface area contributed by atoms with Gasteiger partial charge in [-0.15, -0.1) is 0 Å². The van der Waals surface area contributed by atoms with Gasteiger partial charge in [0.1, 0.15) is 0 Å². The number of ether oxygens (including phenoxy) is 1. The highest BCUT2D eigenvalue weighted by Crippen LogP contribution is 2.30. The van der Waals surface area contributed by atoms with Crippen LogP contribution in [-0.2, 0) is 9.53 Å². The van der Waals surface area contributed by atoms with E-state index in [0.717, 1.165) is 38.6 Å². The number of esters is 1. The Hall–Kier alpha value is -0.610. The Morgan fingerprint density at radius 1 is 1.17 bits per heavy atom. The lowest BCUT2D eigenvalue weighted by Gasteiger charge is -2.38. The molecule has 1 saturated carbocycles. The molecule has 4 nitrogen and oxygen atoms in total. The van der Waals surface area contributed by atoms with E-state index in [9.17, 15) is 4.79 Å². The SMILES string of the molecule is COC(=O)C(C)(C)CN1CCN(CC2CC2)CC1. The highest BCUT2D eigenvalue weighted by atomic mass is 16.5. The molecule has 4 heteroatoms. The largest absolute Gasteiger partial charge is 0.469 e. The Balaban J connectivity index is 1.73. The van der Waals surface area contributed by atoms with Crippen LogP contribution in [0.3, 0.4) is 0 Å². The third kappa shape index (κ3) is 3.69. The van der Waals surface area contributed by atoms with E-state index in [4.69, 9.17) is 4.74 Å². The minimum absolute atomic E-state index is 0.108. The van der Waals surface area contributed by atoms with Gasteiger partial charge in [-0.2, -0.15) is 0 Å². The smallest absolute Gasteiger partial charge is 0.312 e. The molecule has 0 N–H and O–H groups in total. The van der Waals surface area contributed by atoms with E-state index in [2.05, 4.69) is 9.80 Å². The Bertz CT molecular complexity index is 292. The van der Waals surface area contributed by atoms with Crippen LogP contribution in [0.1, 0.15) is 26.7 Å². The summed E-state index contributed by atoms with van der Waals surface area (Å²) in [4.78, 5) is 16.6. The van der Waals surface area contributed by atoms with Crippen LogP contribution >= 0.6 is 0 Å². The van der Waals surface area contributed by atoms with Crippen LogP contribution in [0.15, 0.2) is 0 Å². The van der Waals surface area contributed by atoms with Crippen molar-refractivity contribution >= 4 is 5.97 Å². The second-order valence-electron chi connectivity index (χ2n) is 6.40. The van der Waals surface area contributed by atoms with E-state index < -0.39 is 5.41 Å². The molecule has 18 heavy (non-hydrogen) atoms. The average Bonchev–Trinajstić information content (AvgIpc) is 3.14. The summed E-state index contributed by atoms with van der Waals surface area (Å²) in [6.45, 7) is 10.5. The van der Waals surface area contributed by atoms with E-state index in [1.807, 2.05) is 13.8 Å². The van der Waals surface area contributed by atoms with E-state index in [1.165, 1.54) is 26.5 Å². The van der Waals surface area contributed by atoms with Crippen molar-refractivity contribution in [1.82, 2.24) is 9.80 Å². The predicted molar refractivity (Wildman–Crippen MR) is 71.4 cm³/mol. The molecule has 1 heterocycles. The number of carbonyl (C=O) groups excluding carboxylic acids is 1. The van der Waals surface area contributed by atoms with Crippen LogP contribution in [0.2, 0.25) is 0 Å². The van der Waals surface area contributed by atoms with Crippen LogP contribution in [0.4, 0.5) is 0 Å². The maximum atomic E-state index is 11.7. The first-order valence-corrected chi connectivity index (χ1v) is 7.04.